The van der Waals surface area contributed by atoms with E-state index < -0.39 is 5.97 Å². The summed E-state index contributed by atoms with van der Waals surface area (Å²) in [5, 5.41) is 12.2. The van der Waals surface area contributed by atoms with Crippen LogP contribution in [0.2, 0.25) is 0 Å². The molecule has 0 fully saturated rings. The molecule has 0 aliphatic rings. The molecule has 0 heterocycles. The molecular formula is C24H16O6. The van der Waals surface area contributed by atoms with Gasteiger partial charge >= 0.3 is 5.97 Å². The SMILES string of the molecule is Cc1ccc(-c2ccc(OC=O)c3c(OC=O)cccc23)c2cccc(C(=O)O)c12. The van der Waals surface area contributed by atoms with E-state index in [4.69, 9.17) is 9.47 Å². The molecule has 0 spiro atoms. The maximum Gasteiger partial charge on any atom is 0.336 e. The molecule has 0 bridgehead atoms. The highest BCUT2D eigenvalue weighted by atomic mass is 16.5. The third kappa shape index (κ3) is 3.04. The van der Waals surface area contributed by atoms with Crippen LogP contribution in [-0.4, -0.2) is 24.0 Å². The van der Waals surface area contributed by atoms with E-state index in [1.54, 1.807) is 36.4 Å². The number of hydrogen-bond acceptors (Lipinski definition) is 5. The van der Waals surface area contributed by atoms with E-state index in [1.807, 2.05) is 31.2 Å². The van der Waals surface area contributed by atoms with Crippen LogP contribution in [0.4, 0.5) is 0 Å². The molecule has 0 aliphatic heterocycles. The molecule has 0 amide bonds. The van der Waals surface area contributed by atoms with Gasteiger partial charge in [0.15, 0.2) is 0 Å². The maximum absolute atomic E-state index is 11.8. The molecule has 0 saturated heterocycles. The van der Waals surface area contributed by atoms with E-state index in [1.165, 1.54) is 0 Å². The van der Waals surface area contributed by atoms with Crippen LogP contribution in [0.3, 0.4) is 0 Å². The number of carbonyl (C=O) groups is 3. The van der Waals surface area contributed by atoms with Crippen LogP contribution >= 0.6 is 0 Å². The second kappa shape index (κ2) is 7.67. The summed E-state index contributed by atoms with van der Waals surface area (Å²) < 4.78 is 10.2. The van der Waals surface area contributed by atoms with Crippen molar-refractivity contribution in [1.82, 2.24) is 0 Å². The standard InChI is InChI=1S/C24H16O6/c1-14-8-9-15(17-4-2-6-19(22(14)17)24(27)28)16-10-11-21(30-13-26)23-18(16)5-3-7-20(23)29-12-25/h2-13H,1H3,(H,27,28). The largest absolute Gasteiger partial charge is 0.478 e. The number of benzene rings is 4. The van der Waals surface area contributed by atoms with E-state index >= 15 is 0 Å². The molecule has 4 aromatic carbocycles. The van der Waals surface area contributed by atoms with Crippen molar-refractivity contribution < 1.29 is 29.0 Å². The number of carboxylic acid groups (broad SMARTS) is 1. The van der Waals surface area contributed by atoms with E-state index in [-0.39, 0.29) is 17.1 Å². The zero-order valence-electron chi connectivity index (χ0n) is 15.9. The van der Waals surface area contributed by atoms with Crippen molar-refractivity contribution in [3.63, 3.8) is 0 Å². The van der Waals surface area contributed by atoms with E-state index in [2.05, 4.69) is 0 Å². The second-order valence-electron chi connectivity index (χ2n) is 6.68. The van der Waals surface area contributed by atoms with Gasteiger partial charge in [-0.25, -0.2) is 4.79 Å². The van der Waals surface area contributed by atoms with Crippen molar-refractivity contribution in [2.24, 2.45) is 0 Å². The average Bonchev–Trinajstić information content (AvgIpc) is 2.75. The Balaban J connectivity index is 2.11. The Hall–Kier alpha value is -4.19. The Morgan fingerprint density at radius 2 is 1.33 bits per heavy atom. The highest BCUT2D eigenvalue weighted by Gasteiger charge is 2.18. The molecule has 0 atom stereocenters. The van der Waals surface area contributed by atoms with Gasteiger partial charge in [-0.15, -0.1) is 0 Å². The summed E-state index contributed by atoms with van der Waals surface area (Å²) in [5.74, 6) is -0.491. The lowest BCUT2D eigenvalue weighted by Gasteiger charge is -2.16. The molecule has 0 unspecified atom stereocenters. The van der Waals surface area contributed by atoms with Crippen molar-refractivity contribution in [2.45, 2.75) is 6.92 Å². The number of carboxylic acids is 1. The number of ether oxygens (including phenoxy) is 2. The summed E-state index contributed by atoms with van der Waals surface area (Å²) in [5.41, 5.74) is 2.67. The van der Waals surface area contributed by atoms with Gasteiger partial charge in [0.1, 0.15) is 11.5 Å². The number of hydrogen-bond donors (Lipinski definition) is 1. The minimum atomic E-state index is -0.998. The van der Waals surface area contributed by atoms with Crippen LogP contribution in [0.25, 0.3) is 32.7 Å². The minimum Gasteiger partial charge on any atom is -0.478 e. The lowest BCUT2D eigenvalue weighted by Crippen LogP contribution is -1.99. The van der Waals surface area contributed by atoms with E-state index in [0.29, 0.717) is 29.1 Å². The van der Waals surface area contributed by atoms with Crippen LogP contribution in [0, 0.1) is 6.92 Å². The molecule has 1 N–H and O–H groups in total. The summed E-state index contributed by atoms with van der Waals surface area (Å²) in [6, 6.07) is 17.5. The van der Waals surface area contributed by atoms with Crippen molar-refractivity contribution in [2.75, 3.05) is 0 Å². The van der Waals surface area contributed by atoms with Gasteiger partial charge < -0.3 is 14.6 Å². The van der Waals surface area contributed by atoms with Gasteiger partial charge in [0.05, 0.1) is 10.9 Å². The molecule has 0 radical (unpaired) electrons. The smallest absolute Gasteiger partial charge is 0.336 e. The normalized spacial score (nSPS) is 10.7. The Bertz CT molecular complexity index is 1310. The fourth-order valence-electron chi connectivity index (χ4n) is 3.87. The van der Waals surface area contributed by atoms with Crippen molar-refractivity contribution >= 4 is 40.5 Å². The van der Waals surface area contributed by atoms with Crippen molar-refractivity contribution in [1.29, 1.82) is 0 Å². The predicted molar refractivity (Wildman–Crippen MR) is 112 cm³/mol. The predicted octanol–water partition coefficient (Wildman–Crippen LogP) is 4.74. The fraction of sp³-hybridized carbons (Fsp3) is 0.0417. The van der Waals surface area contributed by atoms with Gasteiger partial charge in [0.2, 0.25) is 0 Å². The molecule has 0 saturated carbocycles. The molecule has 0 aromatic heterocycles. The number of rotatable bonds is 6. The lowest BCUT2D eigenvalue weighted by atomic mass is 9.90. The van der Waals surface area contributed by atoms with Crippen LogP contribution in [0.1, 0.15) is 15.9 Å². The Morgan fingerprint density at radius 1 is 0.767 bits per heavy atom. The molecule has 30 heavy (non-hydrogen) atoms. The minimum absolute atomic E-state index is 0.224. The quantitative estimate of drug-likeness (QED) is 0.470. The molecule has 0 aliphatic carbocycles. The van der Waals surface area contributed by atoms with Gasteiger partial charge in [0.25, 0.3) is 12.9 Å². The van der Waals surface area contributed by atoms with Gasteiger partial charge in [-0.1, -0.05) is 42.5 Å². The van der Waals surface area contributed by atoms with Crippen molar-refractivity contribution in [3.8, 4) is 22.6 Å². The van der Waals surface area contributed by atoms with Crippen LogP contribution < -0.4 is 9.47 Å². The zero-order valence-corrected chi connectivity index (χ0v) is 15.9. The second-order valence-corrected chi connectivity index (χ2v) is 6.68. The fourth-order valence-corrected chi connectivity index (χ4v) is 3.87. The number of aromatic carboxylic acids is 1. The highest BCUT2D eigenvalue weighted by Crippen LogP contribution is 2.42. The number of fused-ring (bicyclic) bond motifs is 2. The number of carbonyl (C=O) groups excluding carboxylic acids is 2. The van der Waals surface area contributed by atoms with Gasteiger partial charge in [-0.2, -0.15) is 0 Å². The molecule has 6 nitrogen and oxygen atoms in total. The molecule has 148 valence electrons. The molecular weight excluding hydrogens is 384 g/mol. The molecule has 4 aromatic rings. The average molecular weight is 400 g/mol. The van der Waals surface area contributed by atoms with Crippen LogP contribution in [-0.2, 0) is 9.59 Å². The van der Waals surface area contributed by atoms with E-state index in [9.17, 15) is 19.5 Å². The number of aryl methyl sites for hydroxylation is 1. The molecule has 4 rings (SSSR count). The monoisotopic (exact) mass is 400 g/mol. The highest BCUT2D eigenvalue weighted by molar-refractivity contribution is 6.13. The van der Waals surface area contributed by atoms with Crippen molar-refractivity contribution in [3.05, 3.63) is 71.8 Å². The first-order chi connectivity index (χ1) is 14.6. The molecule has 6 heteroatoms. The van der Waals surface area contributed by atoms with E-state index in [0.717, 1.165) is 22.1 Å². The summed E-state index contributed by atoms with van der Waals surface area (Å²) >= 11 is 0. The first kappa shape index (κ1) is 19.1. The summed E-state index contributed by atoms with van der Waals surface area (Å²) in [6.07, 6.45) is 0. The van der Waals surface area contributed by atoms with Gasteiger partial charge in [-0.3, -0.25) is 9.59 Å². The Kier molecular flexibility index (Phi) is 4.90. The van der Waals surface area contributed by atoms with Crippen LogP contribution in [0.15, 0.2) is 60.7 Å². The van der Waals surface area contributed by atoms with Gasteiger partial charge in [0, 0.05) is 0 Å². The zero-order chi connectivity index (χ0) is 21.3. The summed E-state index contributed by atoms with van der Waals surface area (Å²) in [7, 11) is 0. The van der Waals surface area contributed by atoms with Crippen LogP contribution in [0.5, 0.6) is 11.5 Å². The topological polar surface area (TPSA) is 89.9 Å². The lowest BCUT2D eigenvalue weighted by molar-refractivity contribution is -0.121. The maximum atomic E-state index is 11.8. The summed E-state index contributed by atoms with van der Waals surface area (Å²) in [6.45, 7) is 2.49. The van der Waals surface area contributed by atoms with Gasteiger partial charge in [-0.05, 0) is 58.0 Å². The first-order valence-electron chi connectivity index (χ1n) is 9.09. The third-order valence-corrected chi connectivity index (χ3v) is 5.08. The first-order valence-corrected chi connectivity index (χ1v) is 9.09. The Labute approximate surface area is 171 Å². The third-order valence-electron chi connectivity index (χ3n) is 5.08. The Morgan fingerprint density at radius 3 is 1.97 bits per heavy atom. The summed E-state index contributed by atoms with van der Waals surface area (Å²) in [4.78, 5) is 33.7.